The quantitative estimate of drug-likeness (QED) is 0.562. The van der Waals surface area contributed by atoms with Gasteiger partial charge in [0, 0.05) is 12.6 Å². The van der Waals surface area contributed by atoms with Crippen LogP contribution in [0.5, 0.6) is 5.75 Å². The van der Waals surface area contributed by atoms with Gasteiger partial charge in [-0.25, -0.2) is 4.68 Å². The van der Waals surface area contributed by atoms with Crippen LogP contribution in [0.1, 0.15) is 37.4 Å². The van der Waals surface area contributed by atoms with Crippen molar-refractivity contribution in [3.05, 3.63) is 66.0 Å². The molecule has 2 unspecified atom stereocenters. The molecule has 0 radical (unpaired) electrons. The molecule has 28 heavy (non-hydrogen) atoms. The van der Waals surface area contributed by atoms with Crippen LogP contribution >= 0.6 is 0 Å². The summed E-state index contributed by atoms with van der Waals surface area (Å²) < 4.78 is 7.29. The third kappa shape index (κ3) is 5.61. The van der Waals surface area contributed by atoms with Gasteiger partial charge in [0.15, 0.2) is 0 Å². The van der Waals surface area contributed by atoms with Crippen molar-refractivity contribution in [2.24, 2.45) is 0 Å². The van der Waals surface area contributed by atoms with Gasteiger partial charge in [0.1, 0.15) is 24.8 Å². The summed E-state index contributed by atoms with van der Waals surface area (Å²) in [6, 6.07) is 16.1. The standard InChI is InChI=1S/C21H27N5O2/c1-3-4-17-5-11-21(12-6-17)28-14-20(27)13-22-16(2)18-7-9-19(10-8-18)26-15-23-24-25-26/h5-12,15-16,20,22,27H,3-4,13-14H2,1-2H3. The number of rotatable bonds is 10. The lowest BCUT2D eigenvalue weighted by Crippen LogP contribution is -2.33. The molecule has 0 amide bonds. The van der Waals surface area contributed by atoms with Gasteiger partial charge in [-0.2, -0.15) is 0 Å². The Bertz CT molecular complexity index is 819. The van der Waals surface area contributed by atoms with Gasteiger partial charge < -0.3 is 15.2 Å². The zero-order valence-corrected chi connectivity index (χ0v) is 16.3. The van der Waals surface area contributed by atoms with Gasteiger partial charge in [0.05, 0.1) is 5.69 Å². The monoisotopic (exact) mass is 381 g/mol. The molecule has 0 bridgehead atoms. The summed E-state index contributed by atoms with van der Waals surface area (Å²) in [5.41, 5.74) is 3.33. The molecule has 2 aromatic carbocycles. The van der Waals surface area contributed by atoms with Crippen LogP contribution in [0.2, 0.25) is 0 Å². The average Bonchev–Trinajstić information content (AvgIpc) is 3.27. The Morgan fingerprint density at radius 1 is 1.11 bits per heavy atom. The summed E-state index contributed by atoms with van der Waals surface area (Å²) >= 11 is 0. The van der Waals surface area contributed by atoms with Gasteiger partial charge >= 0.3 is 0 Å². The first-order valence-electron chi connectivity index (χ1n) is 9.62. The Morgan fingerprint density at radius 2 is 1.86 bits per heavy atom. The van der Waals surface area contributed by atoms with Crippen LogP contribution in [0.25, 0.3) is 5.69 Å². The molecule has 1 aromatic heterocycles. The number of hydrogen-bond acceptors (Lipinski definition) is 6. The van der Waals surface area contributed by atoms with Crippen molar-refractivity contribution in [2.75, 3.05) is 13.2 Å². The van der Waals surface area contributed by atoms with E-state index in [1.165, 1.54) is 5.56 Å². The van der Waals surface area contributed by atoms with E-state index in [0.29, 0.717) is 6.54 Å². The van der Waals surface area contributed by atoms with E-state index in [-0.39, 0.29) is 12.6 Å². The Balaban J connectivity index is 1.42. The van der Waals surface area contributed by atoms with Gasteiger partial charge in [0.2, 0.25) is 0 Å². The van der Waals surface area contributed by atoms with Crippen LogP contribution in [0.4, 0.5) is 0 Å². The lowest BCUT2D eigenvalue weighted by atomic mass is 10.1. The highest BCUT2D eigenvalue weighted by molar-refractivity contribution is 5.34. The molecule has 3 aromatic rings. The minimum absolute atomic E-state index is 0.103. The number of benzene rings is 2. The van der Waals surface area contributed by atoms with Gasteiger partial charge in [-0.05, 0) is 59.2 Å². The molecule has 2 N–H and O–H groups in total. The molecule has 0 aliphatic rings. The third-order valence-electron chi connectivity index (χ3n) is 4.57. The summed E-state index contributed by atoms with van der Waals surface area (Å²) in [4.78, 5) is 0. The number of nitrogens with zero attached hydrogens (tertiary/aromatic N) is 4. The topological polar surface area (TPSA) is 85.1 Å². The normalized spacial score (nSPS) is 13.2. The first-order chi connectivity index (χ1) is 13.7. The van der Waals surface area contributed by atoms with Crippen LogP contribution in [-0.4, -0.2) is 44.6 Å². The molecule has 0 saturated heterocycles. The van der Waals surface area contributed by atoms with E-state index < -0.39 is 6.10 Å². The number of tetrazole rings is 1. The minimum atomic E-state index is -0.585. The number of aromatic nitrogens is 4. The number of aliphatic hydroxyl groups excluding tert-OH is 1. The molecule has 0 saturated carbocycles. The van der Waals surface area contributed by atoms with E-state index in [4.69, 9.17) is 4.74 Å². The van der Waals surface area contributed by atoms with Crippen molar-refractivity contribution in [3.8, 4) is 11.4 Å². The van der Waals surface area contributed by atoms with Gasteiger partial charge in [0.25, 0.3) is 0 Å². The molecular weight excluding hydrogens is 354 g/mol. The average molecular weight is 381 g/mol. The smallest absolute Gasteiger partial charge is 0.143 e. The molecule has 0 fully saturated rings. The first-order valence-corrected chi connectivity index (χ1v) is 9.62. The summed E-state index contributed by atoms with van der Waals surface area (Å²) in [6.45, 7) is 4.93. The third-order valence-corrected chi connectivity index (χ3v) is 4.57. The maximum atomic E-state index is 10.2. The highest BCUT2D eigenvalue weighted by atomic mass is 16.5. The number of aryl methyl sites for hydroxylation is 1. The summed E-state index contributed by atoms with van der Waals surface area (Å²) in [5.74, 6) is 0.783. The summed E-state index contributed by atoms with van der Waals surface area (Å²) in [7, 11) is 0. The van der Waals surface area contributed by atoms with Crippen LogP contribution in [0.15, 0.2) is 54.9 Å². The zero-order valence-electron chi connectivity index (χ0n) is 16.3. The SMILES string of the molecule is CCCc1ccc(OCC(O)CNC(C)c2ccc(-n3cnnn3)cc2)cc1. The molecule has 3 rings (SSSR count). The number of nitrogens with one attached hydrogen (secondary N) is 1. The first kappa shape index (κ1) is 20.0. The Kier molecular flexibility index (Phi) is 7.11. The number of ether oxygens (including phenoxy) is 1. The Labute approximate surface area is 165 Å². The van der Waals surface area contributed by atoms with E-state index in [1.807, 2.05) is 36.4 Å². The van der Waals surface area contributed by atoms with Crippen molar-refractivity contribution in [1.82, 2.24) is 25.5 Å². The van der Waals surface area contributed by atoms with Crippen LogP contribution in [0, 0.1) is 0 Å². The second kappa shape index (κ2) is 9.96. The van der Waals surface area contributed by atoms with Crippen molar-refractivity contribution in [3.63, 3.8) is 0 Å². The van der Waals surface area contributed by atoms with E-state index in [1.54, 1.807) is 11.0 Å². The van der Waals surface area contributed by atoms with Crippen molar-refractivity contribution in [2.45, 2.75) is 38.8 Å². The molecule has 7 nitrogen and oxygen atoms in total. The van der Waals surface area contributed by atoms with E-state index in [9.17, 15) is 5.11 Å². The molecule has 0 spiro atoms. The molecule has 0 aliphatic carbocycles. The van der Waals surface area contributed by atoms with Crippen molar-refractivity contribution in [1.29, 1.82) is 0 Å². The molecular formula is C21H27N5O2. The summed E-state index contributed by atoms with van der Waals surface area (Å²) in [5, 5.41) is 24.7. The lowest BCUT2D eigenvalue weighted by molar-refractivity contribution is 0.104. The van der Waals surface area contributed by atoms with Crippen molar-refractivity contribution >= 4 is 0 Å². The predicted octanol–water partition coefficient (Wildman–Crippen LogP) is 2.71. The van der Waals surface area contributed by atoms with Crippen molar-refractivity contribution < 1.29 is 9.84 Å². The Morgan fingerprint density at radius 3 is 2.50 bits per heavy atom. The molecule has 0 aliphatic heterocycles. The fourth-order valence-corrected chi connectivity index (χ4v) is 2.92. The maximum absolute atomic E-state index is 10.2. The fourth-order valence-electron chi connectivity index (χ4n) is 2.92. The van der Waals surface area contributed by atoms with E-state index in [0.717, 1.165) is 29.8 Å². The molecule has 2 atom stereocenters. The second-order valence-electron chi connectivity index (χ2n) is 6.83. The highest BCUT2D eigenvalue weighted by Gasteiger charge is 2.10. The maximum Gasteiger partial charge on any atom is 0.143 e. The highest BCUT2D eigenvalue weighted by Crippen LogP contribution is 2.16. The second-order valence-corrected chi connectivity index (χ2v) is 6.83. The van der Waals surface area contributed by atoms with Crippen LogP contribution in [-0.2, 0) is 6.42 Å². The minimum Gasteiger partial charge on any atom is -0.491 e. The molecule has 148 valence electrons. The fraction of sp³-hybridized carbons (Fsp3) is 0.381. The largest absolute Gasteiger partial charge is 0.491 e. The van der Waals surface area contributed by atoms with Crippen LogP contribution in [0.3, 0.4) is 0 Å². The van der Waals surface area contributed by atoms with E-state index >= 15 is 0 Å². The lowest BCUT2D eigenvalue weighted by Gasteiger charge is -2.18. The van der Waals surface area contributed by atoms with Crippen LogP contribution < -0.4 is 10.1 Å². The zero-order chi connectivity index (χ0) is 19.8. The van der Waals surface area contributed by atoms with Gasteiger partial charge in [-0.1, -0.05) is 37.6 Å². The predicted molar refractivity (Wildman–Crippen MR) is 108 cm³/mol. The number of hydrogen-bond donors (Lipinski definition) is 2. The summed E-state index contributed by atoms with van der Waals surface area (Å²) in [6.07, 6.45) is 3.17. The Hall–Kier alpha value is -2.77. The van der Waals surface area contributed by atoms with Gasteiger partial charge in [-0.15, -0.1) is 5.10 Å². The molecule has 1 heterocycles. The number of aliphatic hydroxyl groups is 1. The molecule has 7 heteroatoms. The van der Waals surface area contributed by atoms with Gasteiger partial charge in [-0.3, -0.25) is 0 Å². The van der Waals surface area contributed by atoms with E-state index in [2.05, 4.69) is 46.8 Å².